The molecule has 9 heteroatoms. The van der Waals surface area contributed by atoms with Gasteiger partial charge in [0.2, 0.25) is 5.90 Å². The number of nitrogens with two attached hydrogens (primary N) is 2. The van der Waals surface area contributed by atoms with Gasteiger partial charge in [-0.3, -0.25) is 5.43 Å². The molecule has 3 unspecified atom stereocenters. The first kappa shape index (κ1) is 36.4. The van der Waals surface area contributed by atoms with Crippen LogP contribution < -0.4 is 16.9 Å². The molecule has 2 heterocycles. The summed E-state index contributed by atoms with van der Waals surface area (Å²) in [6.45, 7) is 14.8. The number of nitrogens with one attached hydrogen (secondary N) is 1. The van der Waals surface area contributed by atoms with E-state index >= 15 is 0 Å². The SMILES string of the molecule is C=O.CC.CC(CN)/C(=N\Nc1ccccc1)OCC1CCN(C)CC1.NC1CCN(CCC2=CCC(F)C=C2)C1. The number of likely N-dealkylation sites (tertiary alicyclic amines) is 2. The summed E-state index contributed by atoms with van der Waals surface area (Å²) in [6, 6.07) is 10.2. The Labute approximate surface area is 248 Å². The molecular weight excluding hydrogens is 519 g/mol. The first-order chi connectivity index (χ1) is 19.9. The normalized spacial score (nSPS) is 22.1. The molecule has 5 N–H and O–H groups in total. The predicted octanol–water partition coefficient (Wildman–Crippen LogP) is 4.84. The maximum Gasteiger partial charge on any atom is 0.210 e. The maximum atomic E-state index is 12.8. The molecule has 232 valence electrons. The molecule has 2 aliphatic heterocycles. The summed E-state index contributed by atoms with van der Waals surface area (Å²) in [5, 5.41) is 4.42. The molecule has 2 fully saturated rings. The van der Waals surface area contributed by atoms with Gasteiger partial charge in [-0.1, -0.05) is 62.8 Å². The van der Waals surface area contributed by atoms with Crippen LogP contribution in [-0.4, -0.2) is 87.6 Å². The molecule has 1 aliphatic carbocycles. The lowest BCUT2D eigenvalue weighted by molar-refractivity contribution is -0.0980. The summed E-state index contributed by atoms with van der Waals surface area (Å²) in [5.74, 6) is 1.43. The van der Waals surface area contributed by atoms with Crippen molar-refractivity contribution in [1.29, 1.82) is 0 Å². The fourth-order valence-corrected chi connectivity index (χ4v) is 4.63. The number of piperidine rings is 1. The number of para-hydroxylation sites is 1. The molecule has 8 nitrogen and oxygen atoms in total. The van der Waals surface area contributed by atoms with Crippen molar-refractivity contribution < 1.29 is 13.9 Å². The smallest absolute Gasteiger partial charge is 0.210 e. The number of ether oxygens (including phenoxy) is 1. The third-order valence-electron chi connectivity index (χ3n) is 7.30. The van der Waals surface area contributed by atoms with Crippen molar-refractivity contribution in [3.8, 4) is 0 Å². The molecule has 0 radical (unpaired) electrons. The Morgan fingerprint density at radius 2 is 1.85 bits per heavy atom. The number of rotatable bonds is 9. The van der Waals surface area contributed by atoms with E-state index < -0.39 is 6.17 Å². The minimum atomic E-state index is -0.769. The van der Waals surface area contributed by atoms with Crippen LogP contribution in [0.3, 0.4) is 0 Å². The fraction of sp³-hybridized carbons (Fsp3) is 0.625. The molecule has 3 aliphatic rings. The summed E-state index contributed by atoms with van der Waals surface area (Å²) in [7, 11) is 2.17. The first-order valence-electron chi connectivity index (χ1n) is 15.1. The summed E-state index contributed by atoms with van der Waals surface area (Å²) in [6.07, 6.45) is 9.88. The number of hydrazone groups is 1. The monoisotopic (exact) mass is 574 g/mol. The highest BCUT2D eigenvalue weighted by atomic mass is 19.1. The zero-order valence-electron chi connectivity index (χ0n) is 25.8. The largest absolute Gasteiger partial charge is 0.479 e. The van der Waals surface area contributed by atoms with E-state index in [-0.39, 0.29) is 5.92 Å². The third kappa shape index (κ3) is 15.3. The van der Waals surface area contributed by atoms with Gasteiger partial charge in [0.1, 0.15) is 13.0 Å². The Balaban J connectivity index is 0.000000385. The van der Waals surface area contributed by atoms with E-state index in [9.17, 15) is 4.39 Å². The van der Waals surface area contributed by atoms with Crippen LogP contribution in [0, 0.1) is 11.8 Å². The van der Waals surface area contributed by atoms with Gasteiger partial charge >= 0.3 is 0 Å². The van der Waals surface area contributed by atoms with E-state index in [0.717, 1.165) is 57.9 Å². The average molecular weight is 575 g/mol. The molecule has 41 heavy (non-hydrogen) atoms. The molecule has 0 spiro atoms. The minimum Gasteiger partial charge on any atom is -0.479 e. The highest BCUT2D eigenvalue weighted by molar-refractivity contribution is 5.79. The number of halogens is 1. The predicted molar refractivity (Wildman–Crippen MR) is 171 cm³/mol. The third-order valence-corrected chi connectivity index (χ3v) is 7.30. The van der Waals surface area contributed by atoms with Crippen molar-refractivity contribution in [3.05, 3.63) is 54.1 Å². The van der Waals surface area contributed by atoms with Crippen LogP contribution >= 0.6 is 0 Å². The summed E-state index contributed by atoms with van der Waals surface area (Å²) in [5.41, 5.74) is 16.9. The Bertz CT molecular complexity index is 889. The summed E-state index contributed by atoms with van der Waals surface area (Å²) >= 11 is 0. The quantitative estimate of drug-likeness (QED) is 0.220. The molecule has 1 aromatic rings. The molecule has 0 amide bonds. The van der Waals surface area contributed by atoms with E-state index in [2.05, 4.69) is 27.4 Å². The van der Waals surface area contributed by atoms with Gasteiger partial charge in [0.05, 0.1) is 12.3 Å². The molecule has 0 bridgehead atoms. The van der Waals surface area contributed by atoms with Crippen LogP contribution in [0.1, 0.15) is 52.9 Å². The number of hydrogen-bond acceptors (Lipinski definition) is 8. The van der Waals surface area contributed by atoms with Crippen LogP contribution in [0.2, 0.25) is 0 Å². The molecule has 3 atom stereocenters. The van der Waals surface area contributed by atoms with Gasteiger partial charge in [0.15, 0.2) is 0 Å². The second kappa shape index (κ2) is 22.1. The lowest BCUT2D eigenvalue weighted by atomic mass is 9.98. The number of hydrogen-bond donors (Lipinski definition) is 3. The van der Waals surface area contributed by atoms with E-state index in [1.165, 1.54) is 18.4 Å². The Morgan fingerprint density at radius 3 is 2.41 bits per heavy atom. The summed E-state index contributed by atoms with van der Waals surface area (Å²) < 4.78 is 18.8. The van der Waals surface area contributed by atoms with Crippen LogP contribution in [0.4, 0.5) is 10.1 Å². The van der Waals surface area contributed by atoms with Crippen molar-refractivity contribution >= 4 is 18.4 Å². The second-order valence-electron chi connectivity index (χ2n) is 10.6. The molecule has 0 aromatic heterocycles. The van der Waals surface area contributed by atoms with Gasteiger partial charge in [-0.2, -0.15) is 0 Å². The highest BCUT2D eigenvalue weighted by Gasteiger charge is 2.20. The molecule has 0 saturated carbocycles. The number of anilines is 1. The molecule has 2 saturated heterocycles. The van der Waals surface area contributed by atoms with E-state index in [4.69, 9.17) is 21.0 Å². The summed E-state index contributed by atoms with van der Waals surface area (Å²) in [4.78, 5) is 12.8. The van der Waals surface area contributed by atoms with Crippen molar-refractivity contribution in [1.82, 2.24) is 9.80 Å². The molecule has 4 rings (SSSR count). The van der Waals surface area contributed by atoms with Crippen LogP contribution in [0.15, 0.2) is 59.2 Å². The zero-order valence-corrected chi connectivity index (χ0v) is 25.8. The number of benzene rings is 1. The first-order valence-corrected chi connectivity index (χ1v) is 15.1. The standard InChI is InChI=1S/C17H28N4O.C12H19FN2.C2H6.CH2O/c1-14(12-18)17(20-19-16-6-4-3-5-7-16)22-13-15-8-10-21(2)11-9-15;13-11-3-1-10(2-4-11)5-7-15-8-6-12(14)9-15;2*1-2/h3-7,14-15,19H,8-13,18H2,1-2H3;1-3,11-12H,4-9,14H2;1-2H3;1H2/b20-17+;;;. The highest BCUT2D eigenvalue weighted by Crippen LogP contribution is 2.18. The number of carbonyl (C=O) groups excluding carboxylic acids is 1. The Hall–Kier alpha value is -2.59. The van der Waals surface area contributed by atoms with Crippen molar-refractivity contribution in [2.75, 3.05) is 58.3 Å². The van der Waals surface area contributed by atoms with Crippen LogP contribution in [0.5, 0.6) is 0 Å². The molecular formula is C32H55FN6O2. The number of nitrogens with zero attached hydrogens (tertiary/aromatic N) is 3. The zero-order chi connectivity index (χ0) is 30.5. The van der Waals surface area contributed by atoms with Gasteiger partial charge in [-0.25, -0.2) is 4.39 Å². The van der Waals surface area contributed by atoms with Gasteiger partial charge < -0.3 is 30.8 Å². The number of allylic oxidation sites excluding steroid dienone is 3. The molecule has 1 aromatic carbocycles. The minimum absolute atomic E-state index is 0.113. The lowest BCUT2D eigenvalue weighted by Crippen LogP contribution is -2.33. The van der Waals surface area contributed by atoms with Gasteiger partial charge in [-0.15, -0.1) is 5.10 Å². The number of alkyl halides is 1. The van der Waals surface area contributed by atoms with Gasteiger partial charge in [0.25, 0.3) is 0 Å². The van der Waals surface area contributed by atoms with Crippen LogP contribution in [0.25, 0.3) is 0 Å². The van der Waals surface area contributed by atoms with Crippen molar-refractivity contribution in [3.63, 3.8) is 0 Å². The van der Waals surface area contributed by atoms with Crippen molar-refractivity contribution in [2.24, 2.45) is 28.4 Å². The van der Waals surface area contributed by atoms with Gasteiger partial charge in [0, 0.05) is 38.0 Å². The average Bonchev–Trinajstić information content (AvgIpc) is 3.45. The van der Waals surface area contributed by atoms with Crippen molar-refractivity contribution in [2.45, 2.75) is 65.1 Å². The van der Waals surface area contributed by atoms with E-state index in [1.54, 1.807) is 6.08 Å². The van der Waals surface area contributed by atoms with E-state index in [0.29, 0.717) is 30.8 Å². The second-order valence-corrected chi connectivity index (χ2v) is 10.6. The maximum absolute atomic E-state index is 12.8. The Morgan fingerprint density at radius 1 is 1.17 bits per heavy atom. The van der Waals surface area contributed by atoms with Gasteiger partial charge in [-0.05, 0) is 70.4 Å². The Kier molecular flexibility index (Phi) is 19.6. The fourth-order valence-electron chi connectivity index (χ4n) is 4.63. The number of carbonyl (C=O) groups is 1. The van der Waals surface area contributed by atoms with E-state index in [1.807, 2.05) is 70.0 Å². The topological polar surface area (TPSA) is 109 Å². The van der Waals surface area contributed by atoms with Crippen LogP contribution in [-0.2, 0) is 9.53 Å². The lowest BCUT2D eigenvalue weighted by Gasteiger charge is -2.29.